The second-order valence-electron chi connectivity index (χ2n) is 5.37. The molecule has 0 saturated carbocycles. The lowest BCUT2D eigenvalue weighted by Crippen LogP contribution is -2.28. The molecule has 2 atom stereocenters. The maximum absolute atomic E-state index is 4.66. The van der Waals surface area contributed by atoms with Gasteiger partial charge in [0.15, 0.2) is 5.16 Å². The minimum absolute atomic E-state index is 0.568. The van der Waals surface area contributed by atoms with Crippen LogP contribution in [0.5, 0.6) is 0 Å². The lowest BCUT2D eigenvalue weighted by Gasteiger charge is -2.23. The Balaban J connectivity index is 2.23. The van der Waals surface area contributed by atoms with E-state index in [9.17, 15) is 0 Å². The Kier molecular flexibility index (Phi) is 4.91. The van der Waals surface area contributed by atoms with E-state index in [2.05, 4.69) is 47.0 Å². The minimum atomic E-state index is 0.568. The molecule has 1 fully saturated rings. The molecule has 1 aliphatic rings. The van der Waals surface area contributed by atoms with Crippen LogP contribution >= 0.6 is 11.8 Å². The molecule has 2 rings (SSSR count). The van der Waals surface area contributed by atoms with Crippen LogP contribution in [0.3, 0.4) is 0 Å². The second-order valence-corrected chi connectivity index (χ2v) is 6.14. The van der Waals surface area contributed by atoms with Gasteiger partial charge in [-0.15, -0.1) is 0 Å². The first-order valence-electron chi connectivity index (χ1n) is 7.07. The first-order chi connectivity index (χ1) is 9.13. The van der Waals surface area contributed by atoms with Crippen molar-refractivity contribution < 1.29 is 0 Å². The van der Waals surface area contributed by atoms with Crippen molar-refractivity contribution in [2.45, 2.75) is 44.8 Å². The Hall–Kier alpha value is -0.970. The first kappa shape index (κ1) is 14.4. The van der Waals surface area contributed by atoms with Crippen LogP contribution in [-0.4, -0.2) is 35.4 Å². The van der Waals surface area contributed by atoms with Crippen LogP contribution < -0.4 is 10.2 Å². The summed E-state index contributed by atoms with van der Waals surface area (Å²) in [5, 5.41) is 4.22. The second kappa shape index (κ2) is 6.46. The standard InChI is InChI=1S/C14H24N4S/c1-5-6-15-12-8-13(17-14(16-12)19-4)18-9-10(2)7-11(18)3/h8,10-11H,5-7,9H2,1-4H3,(H,15,16,17). The highest BCUT2D eigenvalue weighted by molar-refractivity contribution is 7.98. The molecule has 0 amide bonds. The Morgan fingerprint density at radius 1 is 1.42 bits per heavy atom. The molecule has 1 aliphatic heterocycles. The van der Waals surface area contributed by atoms with E-state index in [1.807, 2.05) is 6.26 Å². The molecule has 1 aromatic rings. The van der Waals surface area contributed by atoms with E-state index < -0.39 is 0 Å². The monoisotopic (exact) mass is 280 g/mol. The van der Waals surface area contributed by atoms with Gasteiger partial charge >= 0.3 is 0 Å². The van der Waals surface area contributed by atoms with E-state index in [0.717, 1.165) is 42.2 Å². The third-order valence-electron chi connectivity index (χ3n) is 3.51. The topological polar surface area (TPSA) is 41.0 Å². The third kappa shape index (κ3) is 3.53. The van der Waals surface area contributed by atoms with Crippen molar-refractivity contribution in [2.24, 2.45) is 5.92 Å². The van der Waals surface area contributed by atoms with E-state index in [0.29, 0.717) is 6.04 Å². The van der Waals surface area contributed by atoms with Crippen molar-refractivity contribution in [3.05, 3.63) is 6.07 Å². The van der Waals surface area contributed by atoms with Gasteiger partial charge in [0, 0.05) is 25.2 Å². The number of thioether (sulfide) groups is 1. The predicted octanol–water partition coefficient (Wildman–Crippen LogP) is 3.26. The quantitative estimate of drug-likeness (QED) is 0.662. The van der Waals surface area contributed by atoms with Gasteiger partial charge in [0.1, 0.15) is 11.6 Å². The molecule has 19 heavy (non-hydrogen) atoms. The molecular formula is C14H24N4S. The van der Waals surface area contributed by atoms with Crippen LogP contribution in [0.25, 0.3) is 0 Å². The summed E-state index contributed by atoms with van der Waals surface area (Å²) in [6.07, 6.45) is 4.38. The van der Waals surface area contributed by atoms with Crippen molar-refractivity contribution in [3.8, 4) is 0 Å². The van der Waals surface area contributed by atoms with Gasteiger partial charge in [0.25, 0.3) is 0 Å². The molecule has 0 aliphatic carbocycles. The van der Waals surface area contributed by atoms with Crippen LogP contribution in [0.15, 0.2) is 11.2 Å². The van der Waals surface area contributed by atoms with Crippen molar-refractivity contribution in [2.75, 3.05) is 29.6 Å². The number of anilines is 2. The van der Waals surface area contributed by atoms with Crippen molar-refractivity contribution in [3.63, 3.8) is 0 Å². The molecule has 0 bridgehead atoms. The fourth-order valence-corrected chi connectivity index (χ4v) is 2.99. The van der Waals surface area contributed by atoms with Gasteiger partial charge in [-0.3, -0.25) is 0 Å². The highest BCUT2D eigenvalue weighted by Crippen LogP contribution is 2.29. The summed E-state index contributed by atoms with van der Waals surface area (Å²) in [6, 6.07) is 2.66. The highest BCUT2D eigenvalue weighted by Gasteiger charge is 2.27. The van der Waals surface area contributed by atoms with Crippen LogP contribution in [0.4, 0.5) is 11.6 Å². The molecule has 106 valence electrons. The molecule has 5 heteroatoms. The van der Waals surface area contributed by atoms with E-state index in [-0.39, 0.29) is 0 Å². The van der Waals surface area contributed by atoms with Gasteiger partial charge in [-0.2, -0.15) is 0 Å². The zero-order chi connectivity index (χ0) is 13.8. The number of hydrogen-bond acceptors (Lipinski definition) is 5. The Morgan fingerprint density at radius 3 is 2.79 bits per heavy atom. The van der Waals surface area contributed by atoms with Gasteiger partial charge in [0.05, 0.1) is 0 Å². The minimum Gasteiger partial charge on any atom is -0.370 e. The van der Waals surface area contributed by atoms with Gasteiger partial charge < -0.3 is 10.2 Å². The Morgan fingerprint density at radius 2 is 2.21 bits per heavy atom. The third-order valence-corrected chi connectivity index (χ3v) is 4.06. The molecule has 2 heterocycles. The summed E-state index contributed by atoms with van der Waals surface area (Å²) in [4.78, 5) is 11.6. The van der Waals surface area contributed by atoms with Crippen molar-refractivity contribution >= 4 is 23.4 Å². The van der Waals surface area contributed by atoms with Gasteiger partial charge in [-0.25, -0.2) is 9.97 Å². The van der Waals surface area contributed by atoms with Crippen LogP contribution in [0, 0.1) is 5.92 Å². The normalized spacial score (nSPS) is 22.8. The van der Waals surface area contributed by atoms with E-state index >= 15 is 0 Å². The largest absolute Gasteiger partial charge is 0.370 e. The van der Waals surface area contributed by atoms with Crippen LogP contribution in [-0.2, 0) is 0 Å². The zero-order valence-electron chi connectivity index (χ0n) is 12.3. The summed E-state index contributed by atoms with van der Waals surface area (Å²) >= 11 is 1.60. The molecule has 1 aromatic heterocycles. The summed E-state index contributed by atoms with van der Waals surface area (Å²) in [5.74, 6) is 2.76. The van der Waals surface area contributed by atoms with Gasteiger partial charge in [-0.1, -0.05) is 25.6 Å². The number of rotatable bonds is 5. The average Bonchev–Trinajstić information content (AvgIpc) is 2.75. The van der Waals surface area contributed by atoms with Gasteiger partial charge in [-0.05, 0) is 31.9 Å². The average molecular weight is 280 g/mol. The Bertz CT molecular complexity index is 424. The molecule has 0 aromatic carbocycles. The smallest absolute Gasteiger partial charge is 0.191 e. The molecule has 1 N–H and O–H groups in total. The zero-order valence-corrected chi connectivity index (χ0v) is 13.1. The molecule has 1 saturated heterocycles. The summed E-state index contributed by atoms with van der Waals surface area (Å²) in [6.45, 7) is 8.80. The maximum atomic E-state index is 4.66. The fraction of sp³-hybridized carbons (Fsp3) is 0.714. The fourth-order valence-electron chi connectivity index (χ4n) is 2.61. The lowest BCUT2D eigenvalue weighted by atomic mass is 10.1. The number of hydrogen-bond donors (Lipinski definition) is 1. The maximum Gasteiger partial charge on any atom is 0.191 e. The van der Waals surface area contributed by atoms with Crippen LogP contribution in [0.2, 0.25) is 0 Å². The first-order valence-corrected chi connectivity index (χ1v) is 8.30. The van der Waals surface area contributed by atoms with Crippen LogP contribution in [0.1, 0.15) is 33.6 Å². The number of aromatic nitrogens is 2. The van der Waals surface area contributed by atoms with E-state index in [4.69, 9.17) is 0 Å². The lowest BCUT2D eigenvalue weighted by molar-refractivity contribution is 0.625. The Labute approximate surface area is 120 Å². The number of nitrogens with zero attached hydrogens (tertiary/aromatic N) is 3. The molecule has 4 nitrogen and oxygen atoms in total. The highest BCUT2D eigenvalue weighted by atomic mass is 32.2. The van der Waals surface area contributed by atoms with Crippen molar-refractivity contribution in [1.29, 1.82) is 0 Å². The summed E-state index contributed by atoms with van der Waals surface area (Å²) < 4.78 is 0. The number of nitrogens with one attached hydrogen (secondary N) is 1. The molecule has 2 unspecified atom stereocenters. The van der Waals surface area contributed by atoms with E-state index in [1.165, 1.54) is 6.42 Å². The summed E-state index contributed by atoms with van der Waals surface area (Å²) in [7, 11) is 0. The SMILES string of the molecule is CCCNc1cc(N2CC(C)CC2C)nc(SC)n1. The predicted molar refractivity (Wildman–Crippen MR) is 83.2 cm³/mol. The molecular weight excluding hydrogens is 256 g/mol. The molecule has 0 radical (unpaired) electrons. The van der Waals surface area contributed by atoms with Gasteiger partial charge in [0.2, 0.25) is 0 Å². The van der Waals surface area contributed by atoms with E-state index in [1.54, 1.807) is 11.8 Å². The van der Waals surface area contributed by atoms with Crippen molar-refractivity contribution in [1.82, 2.24) is 9.97 Å². The summed E-state index contributed by atoms with van der Waals surface area (Å²) in [5.41, 5.74) is 0. The molecule has 0 spiro atoms.